The van der Waals surface area contributed by atoms with Crippen LogP contribution in [0.5, 0.6) is 11.5 Å². The second-order valence-electron chi connectivity index (χ2n) is 8.76. The first-order chi connectivity index (χ1) is 15.0. The molecule has 3 aromatic carbocycles. The fourth-order valence-corrected chi connectivity index (χ4v) is 3.60. The number of benzene rings is 3. The second-order valence-corrected chi connectivity index (χ2v) is 8.76. The van der Waals surface area contributed by atoms with Gasteiger partial charge in [0.1, 0.15) is 6.61 Å². The van der Waals surface area contributed by atoms with Gasteiger partial charge in [0.2, 0.25) is 0 Å². The van der Waals surface area contributed by atoms with Crippen LogP contribution < -0.4 is 15.2 Å². The third-order valence-electron chi connectivity index (χ3n) is 5.32. The van der Waals surface area contributed by atoms with Crippen molar-refractivity contribution < 1.29 is 9.47 Å². The maximum absolute atomic E-state index is 6.02. The normalized spacial score (nSPS) is 11.5. The molecule has 0 radical (unpaired) electrons. The van der Waals surface area contributed by atoms with E-state index in [9.17, 15) is 0 Å². The molecule has 164 valence electrons. The zero-order valence-corrected chi connectivity index (χ0v) is 18.9. The maximum atomic E-state index is 6.02. The standard InChI is InChI=1S/C27H34N2O2/c1-27(2,20-28)21-29(17-22-10-6-4-7-11-22)18-24-14-15-25(26(16-24)30-3)31-19-23-12-8-5-9-13-23/h4-16H,17-21,28H2,1-3H3. The summed E-state index contributed by atoms with van der Waals surface area (Å²) in [5, 5.41) is 0. The molecule has 0 atom stereocenters. The van der Waals surface area contributed by atoms with Crippen molar-refractivity contribution in [2.45, 2.75) is 33.5 Å². The van der Waals surface area contributed by atoms with E-state index in [4.69, 9.17) is 15.2 Å². The Labute approximate surface area is 186 Å². The van der Waals surface area contributed by atoms with E-state index in [1.165, 1.54) is 11.1 Å². The van der Waals surface area contributed by atoms with Crippen LogP contribution in [-0.2, 0) is 19.7 Å². The van der Waals surface area contributed by atoms with Crippen LogP contribution in [0.4, 0.5) is 0 Å². The SMILES string of the molecule is COc1cc(CN(Cc2ccccc2)CC(C)(C)CN)ccc1OCc1ccccc1. The van der Waals surface area contributed by atoms with Crippen LogP contribution in [0.2, 0.25) is 0 Å². The second kappa shape index (κ2) is 11.0. The molecule has 0 amide bonds. The summed E-state index contributed by atoms with van der Waals surface area (Å²) in [5.41, 5.74) is 9.68. The van der Waals surface area contributed by atoms with Gasteiger partial charge in [-0.2, -0.15) is 0 Å². The molecule has 4 heteroatoms. The van der Waals surface area contributed by atoms with Gasteiger partial charge >= 0.3 is 0 Å². The molecule has 3 rings (SSSR count). The van der Waals surface area contributed by atoms with Crippen LogP contribution in [0.1, 0.15) is 30.5 Å². The van der Waals surface area contributed by atoms with E-state index in [0.29, 0.717) is 13.2 Å². The number of methoxy groups -OCH3 is 1. The highest BCUT2D eigenvalue weighted by molar-refractivity contribution is 5.43. The Bertz CT molecular complexity index is 926. The van der Waals surface area contributed by atoms with Gasteiger partial charge in [-0.15, -0.1) is 0 Å². The third kappa shape index (κ3) is 7.12. The molecule has 0 aliphatic heterocycles. The molecule has 31 heavy (non-hydrogen) atoms. The van der Waals surface area contributed by atoms with E-state index in [2.05, 4.69) is 73.3 Å². The topological polar surface area (TPSA) is 47.7 Å². The van der Waals surface area contributed by atoms with Crippen molar-refractivity contribution in [2.75, 3.05) is 20.2 Å². The van der Waals surface area contributed by atoms with Gasteiger partial charge < -0.3 is 15.2 Å². The quantitative estimate of drug-likeness (QED) is 0.461. The lowest BCUT2D eigenvalue weighted by Gasteiger charge is -2.32. The van der Waals surface area contributed by atoms with Crippen molar-refractivity contribution in [1.82, 2.24) is 4.90 Å². The Kier molecular flexibility index (Phi) is 8.10. The number of rotatable bonds is 11. The number of nitrogens with two attached hydrogens (primary N) is 1. The van der Waals surface area contributed by atoms with E-state index in [1.807, 2.05) is 24.3 Å². The predicted octanol–water partition coefficient (Wildman–Crippen LogP) is 5.26. The molecule has 0 saturated heterocycles. The fourth-order valence-electron chi connectivity index (χ4n) is 3.60. The fraction of sp³-hybridized carbons (Fsp3) is 0.333. The Morgan fingerprint density at radius 3 is 2.00 bits per heavy atom. The summed E-state index contributed by atoms with van der Waals surface area (Å²) in [6.07, 6.45) is 0. The Morgan fingerprint density at radius 1 is 0.774 bits per heavy atom. The molecule has 2 N–H and O–H groups in total. The van der Waals surface area contributed by atoms with Gasteiger partial charge in [-0.3, -0.25) is 4.90 Å². The summed E-state index contributed by atoms with van der Waals surface area (Å²) in [6.45, 7) is 8.19. The highest BCUT2D eigenvalue weighted by Crippen LogP contribution is 2.30. The predicted molar refractivity (Wildman–Crippen MR) is 127 cm³/mol. The zero-order valence-electron chi connectivity index (χ0n) is 18.9. The van der Waals surface area contributed by atoms with Crippen LogP contribution in [0.25, 0.3) is 0 Å². The molecule has 3 aromatic rings. The molecule has 0 bridgehead atoms. The Balaban J connectivity index is 1.73. The van der Waals surface area contributed by atoms with Crippen LogP contribution in [0.15, 0.2) is 78.9 Å². The average molecular weight is 419 g/mol. The molecule has 0 aliphatic carbocycles. The van der Waals surface area contributed by atoms with Crippen molar-refractivity contribution in [3.05, 3.63) is 95.6 Å². The maximum Gasteiger partial charge on any atom is 0.161 e. The van der Waals surface area contributed by atoms with E-state index < -0.39 is 0 Å². The van der Waals surface area contributed by atoms with Crippen molar-refractivity contribution in [1.29, 1.82) is 0 Å². The van der Waals surface area contributed by atoms with Crippen molar-refractivity contribution in [2.24, 2.45) is 11.1 Å². The van der Waals surface area contributed by atoms with Gasteiger partial charge in [-0.25, -0.2) is 0 Å². The zero-order chi connectivity index (χ0) is 22.1. The molecular formula is C27H34N2O2. The lowest BCUT2D eigenvalue weighted by molar-refractivity contribution is 0.168. The highest BCUT2D eigenvalue weighted by Gasteiger charge is 2.21. The third-order valence-corrected chi connectivity index (χ3v) is 5.32. The van der Waals surface area contributed by atoms with Crippen molar-refractivity contribution in [3.63, 3.8) is 0 Å². The average Bonchev–Trinajstić information content (AvgIpc) is 2.79. The van der Waals surface area contributed by atoms with E-state index >= 15 is 0 Å². The smallest absolute Gasteiger partial charge is 0.161 e. The van der Waals surface area contributed by atoms with Gasteiger partial charge in [0.25, 0.3) is 0 Å². The molecule has 0 aliphatic rings. The van der Waals surface area contributed by atoms with Crippen LogP contribution >= 0.6 is 0 Å². The summed E-state index contributed by atoms with van der Waals surface area (Å²) in [5.74, 6) is 1.51. The number of hydrogen-bond acceptors (Lipinski definition) is 4. The number of ether oxygens (including phenoxy) is 2. The summed E-state index contributed by atoms with van der Waals surface area (Å²) >= 11 is 0. The minimum absolute atomic E-state index is 0.0393. The molecule has 0 fully saturated rings. The van der Waals surface area contributed by atoms with E-state index in [0.717, 1.165) is 36.7 Å². The van der Waals surface area contributed by atoms with Crippen LogP contribution in [0.3, 0.4) is 0 Å². The lowest BCUT2D eigenvalue weighted by Crippen LogP contribution is -2.38. The van der Waals surface area contributed by atoms with Crippen molar-refractivity contribution >= 4 is 0 Å². The first-order valence-electron chi connectivity index (χ1n) is 10.8. The minimum Gasteiger partial charge on any atom is -0.493 e. The summed E-state index contributed by atoms with van der Waals surface area (Å²) in [6, 6.07) is 26.9. The number of nitrogens with zero attached hydrogens (tertiary/aromatic N) is 1. The monoisotopic (exact) mass is 418 g/mol. The lowest BCUT2D eigenvalue weighted by atomic mass is 9.92. The van der Waals surface area contributed by atoms with E-state index in [1.54, 1.807) is 7.11 Å². The molecule has 0 aromatic heterocycles. The van der Waals surface area contributed by atoms with Crippen LogP contribution in [0, 0.1) is 5.41 Å². The van der Waals surface area contributed by atoms with E-state index in [-0.39, 0.29) is 5.41 Å². The molecule has 0 heterocycles. The molecular weight excluding hydrogens is 384 g/mol. The molecule has 0 saturated carbocycles. The van der Waals surface area contributed by atoms with Gasteiger partial charge in [-0.1, -0.05) is 80.6 Å². The largest absolute Gasteiger partial charge is 0.493 e. The Hall–Kier alpha value is -2.82. The van der Waals surface area contributed by atoms with Crippen molar-refractivity contribution in [3.8, 4) is 11.5 Å². The summed E-state index contributed by atoms with van der Waals surface area (Å²) < 4.78 is 11.6. The summed E-state index contributed by atoms with van der Waals surface area (Å²) in [7, 11) is 1.69. The number of hydrogen-bond donors (Lipinski definition) is 1. The van der Waals surface area contributed by atoms with Gasteiger partial charge in [-0.05, 0) is 40.8 Å². The summed E-state index contributed by atoms with van der Waals surface area (Å²) in [4.78, 5) is 2.45. The highest BCUT2D eigenvalue weighted by atomic mass is 16.5. The molecule has 0 spiro atoms. The molecule has 4 nitrogen and oxygen atoms in total. The first-order valence-corrected chi connectivity index (χ1v) is 10.8. The van der Waals surface area contributed by atoms with Crippen LogP contribution in [-0.4, -0.2) is 25.1 Å². The minimum atomic E-state index is 0.0393. The first kappa shape index (κ1) is 22.9. The Morgan fingerprint density at radius 2 is 1.39 bits per heavy atom. The van der Waals surface area contributed by atoms with Gasteiger partial charge in [0.15, 0.2) is 11.5 Å². The van der Waals surface area contributed by atoms with Gasteiger partial charge in [0, 0.05) is 19.6 Å². The molecule has 0 unspecified atom stereocenters. The van der Waals surface area contributed by atoms with Gasteiger partial charge in [0.05, 0.1) is 7.11 Å².